The van der Waals surface area contributed by atoms with Crippen molar-refractivity contribution >= 4 is 0 Å². The van der Waals surface area contributed by atoms with Gasteiger partial charge < -0.3 is 10.5 Å². The lowest BCUT2D eigenvalue weighted by Gasteiger charge is -2.09. The van der Waals surface area contributed by atoms with Crippen LogP contribution in [-0.4, -0.2) is 11.1 Å². The Morgan fingerprint density at radius 2 is 2.31 bits per heavy atom. The summed E-state index contributed by atoms with van der Waals surface area (Å²) in [7, 11) is 0. The summed E-state index contributed by atoms with van der Waals surface area (Å²) in [4.78, 5) is 4.09. The maximum atomic E-state index is 5.68. The van der Waals surface area contributed by atoms with Crippen LogP contribution in [0.4, 0.5) is 0 Å². The molecule has 1 aliphatic rings. The van der Waals surface area contributed by atoms with Crippen LogP contribution in [0, 0.1) is 6.92 Å². The first-order valence-electron chi connectivity index (χ1n) is 4.61. The maximum Gasteiger partial charge on any atom is 0.141 e. The van der Waals surface area contributed by atoms with Crippen LogP contribution < -0.4 is 10.5 Å². The highest BCUT2D eigenvalue weighted by molar-refractivity contribution is 5.35. The summed E-state index contributed by atoms with van der Waals surface area (Å²) in [6.45, 7) is 2.56. The highest BCUT2D eigenvalue weighted by Crippen LogP contribution is 2.29. The van der Waals surface area contributed by atoms with Crippen LogP contribution in [0.15, 0.2) is 12.4 Å². The third-order valence-electron chi connectivity index (χ3n) is 2.31. The summed E-state index contributed by atoms with van der Waals surface area (Å²) in [5, 5.41) is 0. The van der Waals surface area contributed by atoms with Crippen molar-refractivity contribution in [1.82, 2.24) is 4.98 Å². The topological polar surface area (TPSA) is 48.1 Å². The molecule has 2 rings (SSSR count). The number of nitrogens with zero attached hydrogens (tertiary/aromatic N) is 1. The molecule has 0 spiro atoms. The van der Waals surface area contributed by atoms with Crippen molar-refractivity contribution in [2.45, 2.75) is 32.4 Å². The molecule has 0 amide bonds. The van der Waals surface area contributed by atoms with E-state index in [-0.39, 0.29) is 0 Å². The Bertz CT molecular complexity index is 308. The average molecular weight is 178 g/mol. The molecule has 3 heteroatoms. The molecule has 2 N–H and O–H groups in total. The molecular weight excluding hydrogens is 164 g/mol. The smallest absolute Gasteiger partial charge is 0.141 e. The third kappa shape index (κ3) is 1.80. The number of pyridine rings is 1. The molecule has 1 heterocycles. The molecule has 1 aromatic heterocycles. The molecular formula is C10H14N2O. The summed E-state index contributed by atoms with van der Waals surface area (Å²) in [5.74, 6) is 0.894. The zero-order chi connectivity index (χ0) is 9.26. The molecule has 1 aromatic rings. The fourth-order valence-corrected chi connectivity index (χ4v) is 1.24. The molecule has 70 valence electrons. The minimum atomic E-state index is 0.425. The van der Waals surface area contributed by atoms with Gasteiger partial charge in [0.25, 0.3) is 0 Å². The second-order valence-electron chi connectivity index (χ2n) is 3.44. The van der Waals surface area contributed by atoms with Gasteiger partial charge in [-0.05, 0) is 30.9 Å². The Morgan fingerprint density at radius 1 is 1.54 bits per heavy atom. The van der Waals surface area contributed by atoms with Gasteiger partial charge in [0.2, 0.25) is 0 Å². The summed E-state index contributed by atoms with van der Waals surface area (Å²) in [5.41, 5.74) is 7.77. The number of hydrogen-bond donors (Lipinski definition) is 1. The first-order chi connectivity index (χ1) is 6.31. The molecule has 3 nitrogen and oxygen atoms in total. The summed E-state index contributed by atoms with van der Waals surface area (Å²) >= 11 is 0. The summed E-state index contributed by atoms with van der Waals surface area (Å²) in [6, 6.07) is 0. The van der Waals surface area contributed by atoms with Crippen molar-refractivity contribution in [2.24, 2.45) is 5.73 Å². The maximum absolute atomic E-state index is 5.68. The Kier molecular flexibility index (Phi) is 2.19. The molecule has 0 saturated heterocycles. The molecule has 0 aromatic carbocycles. The van der Waals surface area contributed by atoms with Crippen molar-refractivity contribution in [3.8, 4) is 5.75 Å². The van der Waals surface area contributed by atoms with Gasteiger partial charge in [-0.15, -0.1) is 0 Å². The lowest BCUT2D eigenvalue weighted by atomic mass is 10.1. The van der Waals surface area contributed by atoms with E-state index in [9.17, 15) is 0 Å². The van der Waals surface area contributed by atoms with Crippen LogP contribution in [0.25, 0.3) is 0 Å². The van der Waals surface area contributed by atoms with Gasteiger partial charge in [0.05, 0.1) is 12.3 Å². The molecule has 1 fully saturated rings. The SMILES string of the molecule is Cc1c(CN)cncc1OC1CC1. The average Bonchev–Trinajstić information content (AvgIpc) is 2.92. The van der Waals surface area contributed by atoms with E-state index in [0.29, 0.717) is 12.6 Å². The van der Waals surface area contributed by atoms with Gasteiger partial charge in [-0.1, -0.05) is 0 Å². The predicted molar refractivity (Wildman–Crippen MR) is 50.5 cm³/mol. The Labute approximate surface area is 77.9 Å². The lowest BCUT2D eigenvalue weighted by molar-refractivity contribution is 0.299. The molecule has 0 unspecified atom stereocenters. The van der Waals surface area contributed by atoms with Crippen molar-refractivity contribution in [3.63, 3.8) is 0 Å². The van der Waals surface area contributed by atoms with Gasteiger partial charge in [0, 0.05) is 12.7 Å². The largest absolute Gasteiger partial charge is 0.489 e. The number of nitrogens with two attached hydrogens (primary N) is 1. The Hall–Kier alpha value is -1.09. The molecule has 1 aliphatic carbocycles. The molecule has 1 saturated carbocycles. The molecule has 0 aliphatic heterocycles. The first kappa shape index (κ1) is 8.51. The van der Waals surface area contributed by atoms with Gasteiger partial charge >= 0.3 is 0 Å². The number of rotatable bonds is 3. The van der Waals surface area contributed by atoms with Crippen LogP contribution in [-0.2, 0) is 6.54 Å². The molecule has 0 atom stereocenters. The zero-order valence-electron chi connectivity index (χ0n) is 7.79. The lowest BCUT2D eigenvalue weighted by Crippen LogP contribution is -2.04. The van der Waals surface area contributed by atoms with Gasteiger partial charge in [0.1, 0.15) is 5.75 Å². The standard InChI is InChI=1S/C10H14N2O/c1-7-8(4-11)5-12-6-10(7)13-9-2-3-9/h5-6,9H,2-4,11H2,1H3. The second-order valence-corrected chi connectivity index (χ2v) is 3.44. The van der Waals surface area contributed by atoms with Gasteiger partial charge in [0.15, 0.2) is 0 Å². The van der Waals surface area contributed by atoms with E-state index < -0.39 is 0 Å². The van der Waals surface area contributed by atoms with E-state index in [2.05, 4.69) is 4.98 Å². The summed E-state index contributed by atoms with van der Waals surface area (Å²) < 4.78 is 5.68. The first-order valence-corrected chi connectivity index (χ1v) is 4.61. The van der Waals surface area contributed by atoms with Crippen LogP contribution in [0.1, 0.15) is 24.0 Å². The highest BCUT2D eigenvalue weighted by atomic mass is 16.5. The van der Waals surface area contributed by atoms with E-state index >= 15 is 0 Å². The van der Waals surface area contributed by atoms with Crippen molar-refractivity contribution in [2.75, 3.05) is 0 Å². The monoisotopic (exact) mass is 178 g/mol. The number of aromatic nitrogens is 1. The summed E-state index contributed by atoms with van der Waals surface area (Å²) in [6.07, 6.45) is 6.34. The van der Waals surface area contributed by atoms with E-state index in [0.717, 1.165) is 16.9 Å². The molecule has 0 bridgehead atoms. The second kappa shape index (κ2) is 3.34. The van der Waals surface area contributed by atoms with Gasteiger partial charge in [-0.25, -0.2) is 0 Å². The minimum absolute atomic E-state index is 0.425. The van der Waals surface area contributed by atoms with Crippen LogP contribution in [0.2, 0.25) is 0 Å². The Morgan fingerprint density at radius 3 is 2.92 bits per heavy atom. The van der Waals surface area contributed by atoms with Crippen molar-refractivity contribution in [1.29, 1.82) is 0 Å². The third-order valence-corrected chi connectivity index (χ3v) is 2.31. The fraction of sp³-hybridized carbons (Fsp3) is 0.500. The van der Waals surface area contributed by atoms with Crippen LogP contribution in [0.5, 0.6) is 5.75 Å². The van der Waals surface area contributed by atoms with Crippen molar-refractivity contribution < 1.29 is 4.74 Å². The van der Waals surface area contributed by atoms with Crippen LogP contribution >= 0.6 is 0 Å². The normalized spacial score (nSPS) is 15.8. The Balaban J connectivity index is 2.22. The molecule has 0 radical (unpaired) electrons. The van der Waals surface area contributed by atoms with Crippen LogP contribution in [0.3, 0.4) is 0 Å². The van der Waals surface area contributed by atoms with E-state index in [1.165, 1.54) is 12.8 Å². The zero-order valence-corrected chi connectivity index (χ0v) is 7.79. The van der Waals surface area contributed by atoms with E-state index in [1.807, 2.05) is 6.92 Å². The minimum Gasteiger partial charge on any atom is -0.489 e. The number of hydrogen-bond acceptors (Lipinski definition) is 3. The fourth-order valence-electron chi connectivity index (χ4n) is 1.24. The predicted octanol–water partition coefficient (Wildman–Crippen LogP) is 1.39. The van der Waals surface area contributed by atoms with Gasteiger partial charge in [-0.2, -0.15) is 0 Å². The quantitative estimate of drug-likeness (QED) is 0.760. The van der Waals surface area contributed by atoms with E-state index in [4.69, 9.17) is 10.5 Å². The van der Waals surface area contributed by atoms with Gasteiger partial charge in [-0.3, -0.25) is 4.98 Å². The van der Waals surface area contributed by atoms with E-state index in [1.54, 1.807) is 12.4 Å². The molecule has 13 heavy (non-hydrogen) atoms. The van der Waals surface area contributed by atoms with Crippen molar-refractivity contribution in [3.05, 3.63) is 23.5 Å². The number of ether oxygens (including phenoxy) is 1. The highest BCUT2D eigenvalue weighted by Gasteiger charge is 2.24.